The second-order valence-corrected chi connectivity index (χ2v) is 17.7. The second kappa shape index (κ2) is 55.5. The molecule has 0 unspecified atom stereocenters. The van der Waals surface area contributed by atoms with Gasteiger partial charge in [-0.3, -0.25) is 9.59 Å². The van der Waals surface area contributed by atoms with Gasteiger partial charge in [0.2, 0.25) is 0 Å². The highest BCUT2D eigenvalue weighted by atomic mass is 16.5. The summed E-state index contributed by atoms with van der Waals surface area (Å²) in [6.45, 7) is 18.6. The van der Waals surface area contributed by atoms with Gasteiger partial charge in [-0.1, -0.05) is 214 Å². The Balaban J connectivity index is -0.00000104. The average Bonchev–Trinajstić information content (AvgIpc) is 3.79. The highest BCUT2D eigenvalue weighted by molar-refractivity contribution is 5.69. The summed E-state index contributed by atoms with van der Waals surface area (Å²) in [5.41, 5.74) is 0. The molecule has 0 bridgehead atoms. The van der Waals surface area contributed by atoms with E-state index in [1.54, 1.807) is 0 Å². The van der Waals surface area contributed by atoms with Crippen molar-refractivity contribution in [3.8, 4) is 0 Å². The molecule has 0 aromatic carbocycles. The molecule has 0 aromatic heterocycles. The Morgan fingerprint density at radius 2 is 0.717 bits per heavy atom. The van der Waals surface area contributed by atoms with Gasteiger partial charge in [0.15, 0.2) is 0 Å². The first kappa shape index (κ1) is 62.8. The Labute approximate surface area is 375 Å². The van der Waals surface area contributed by atoms with Crippen molar-refractivity contribution in [2.24, 2.45) is 11.8 Å². The first-order valence-corrected chi connectivity index (χ1v) is 26.3. The van der Waals surface area contributed by atoms with Gasteiger partial charge in [-0.15, -0.1) is 0 Å². The summed E-state index contributed by atoms with van der Waals surface area (Å²) in [6, 6.07) is 0. The van der Waals surface area contributed by atoms with Gasteiger partial charge in [-0.25, -0.2) is 0 Å². The standard InChI is InChI=1S/C29H57NO2.C22H44O2.CH4O.CH2O/c1-3-5-14-20-28(21-15-6-4-2)23-27-32-29(31)22-16-12-10-8-7-9-11-13-17-24-30-25-18-19-26-30;1-4-7-10-11-12-15-18-22(23)24-20-19-21(16-13-8-5-2)17-14-9-6-3;2*1-2/h28H,3-27H2,1-2H3;21H,4-20H2,1-3H3;2H,1H3;1H2. The van der Waals surface area contributed by atoms with Gasteiger partial charge < -0.3 is 24.3 Å². The van der Waals surface area contributed by atoms with Crippen molar-refractivity contribution >= 4 is 18.7 Å². The van der Waals surface area contributed by atoms with Crippen LogP contribution in [-0.2, 0) is 23.9 Å². The van der Waals surface area contributed by atoms with Crippen LogP contribution in [0.4, 0.5) is 0 Å². The number of hydrogen-bond acceptors (Lipinski definition) is 7. The topological polar surface area (TPSA) is 93.1 Å². The number of nitrogens with zero attached hydrogens (tertiary/aromatic N) is 1. The van der Waals surface area contributed by atoms with Crippen LogP contribution in [0.5, 0.6) is 0 Å². The fourth-order valence-electron chi connectivity index (χ4n) is 8.32. The maximum atomic E-state index is 12.1. The minimum Gasteiger partial charge on any atom is -0.466 e. The molecule has 1 saturated heterocycles. The fourth-order valence-corrected chi connectivity index (χ4v) is 8.32. The summed E-state index contributed by atoms with van der Waals surface area (Å²) in [6.07, 6.45) is 46.3. The third-order valence-corrected chi connectivity index (χ3v) is 12.2. The lowest BCUT2D eigenvalue weighted by atomic mass is 9.92. The molecule has 0 amide bonds. The monoisotopic (exact) mass is 854 g/mol. The summed E-state index contributed by atoms with van der Waals surface area (Å²) in [5, 5.41) is 7.00. The Hall–Kier alpha value is -1.47. The first-order valence-electron chi connectivity index (χ1n) is 26.3. The summed E-state index contributed by atoms with van der Waals surface area (Å²) in [5.74, 6) is 1.56. The minimum atomic E-state index is 0.0198. The summed E-state index contributed by atoms with van der Waals surface area (Å²) in [4.78, 5) is 34.5. The van der Waals surface area contributed by atoms with E-state index in [0.717, 1.165) is 44.6 Å². The quantitative estimate of drug-likeness (QED) is 0.0483. The van der Waals surface area contributed by atoms with Gasteiger partial charge in [-0.05, 0) is 76.4 Å². The van der Waals surface area contributed by atoms with Crippen LogP contribution in [0.1, 0.15) is 272 Å². The molecular weight excluding hydrogens is 747 g/mol. The van der Waals surface area contributed by atoms with E-state index < -0.39 is 0 Å². The molecule has 0 spiro atoms. The van der Waals surface area contributed by atoms with Crippen molar-refractivity contribution in [1.82, 2.24) is 4.90 Å². The number of unbranched alkanes of at least 4 members (excludes halogenated alkanes) is 21. The molecule has 7 heteroatoms. The smallest absolute Gasteiger partial charge is 0.305 e. The highest BCUT2D eigenvalue weighted by Crippen LogP contribution is 2.23. The number of aliphatic hydroxyl groups is 1. The number of carbonyl (C=O) groups is 3. The van der Waals surface area contributed by atoms with Gasteiger partial charge in [0.1, 0.15) is 6.79 Å². The van der Waals surface area contributed by atoms with Crippen LogP contribution in [0.15, 0.2) is 0 Å². The van der Waals surface area contributed by atoms with E-state index in [-0.39, 0.29) is 11.9 Å². The fraction of sp³-hybridized carbons (Fsp3) is 0.943. The SMILES string of the molecule is C=O.CCCCCC(CCCCC)CCOC(=O)CCCCCCCCCCCN1CCCC1.CCCCCCCCC(=O)OCCC(CCCCC)CCCCC.CO. The van der Waals surface area contributed by atoms with E-state index in [2.05, 4.69) is 39.5 Å². The predicted molar refractivity (Wildman–Crippen MR) is 260 cm³/mol. The molecule has 1 aliphatic heterocycles. The van der Waals surface area contributed by atoms with Crippen LogP contribution < -0.4 is 0 Å². The Kier molecular flexibility index (Phi) is 58.2. The maximum absolute atomic E-state index is 12.1. The summed E-state index contributed by atoms with van der Waals surface area (Å²) < 4.78 is 11.0. The molecular formula is C53H107NO6. The summed E-state index contributed by atoms with van der Waals surface area (Å²) in [7, 11) is 1.00. The van der Waals surface area contributed by atoms with Gasteiger partial charge in [0.25, 0.3) is 0 Å². The Morgan fingerprint density at radius 1 is 0.433 bits per heavy atom. The average molecular weight is 854 g/mol. The lowest BCUT2D eigenvalue weighted by Crippen LogP contribution is -2.20. The largest absolute Gasteiger partial charge is 0.466 e. The van der Waals surface area contributed by atoms with Gasteiger partial charge >= 0.3 is 11.9 Å². The zero-order valence-electron chi connectivity index (χ0n) is 41.5. The van der Waals surface area contributed by atoms with Gasteiger partial charge in [-0.2, -0.15) is 0 Å². The second-order valence-electron chi connectivity index (χ2n) is 17.7. The van der Waals surface area contributed by atoms with Crippen LogP contribution in [0.2, 0.25) is 0 Å². The Bertz CT molecular complexity index is 799. The molecule has 360 valence electrons. The lowest BCUT2D eigenvalue weighted by molar-refractivity contribution is -0.145. The number of hydrogen-bond donors (Lipinski definition) is 1. The maximum Gasteiger partial charge on any atom is 0.305 e. The van der Waals surface area contributed by atoms with Crippen molar-refractivity contribution in [2.45, 2.75) is 272 Å². The van der Waals surface area contributed by atoms with Crippen molar-refractivity contribution in [2.75, 3.05) is 40.0 Å². The molecule has 1 aliphatic rings. The van der Waals surface area contributed by atoms with Crippen LogP contribution in [0.3, 0.4) is 0 Å². The molecule has 1 N–H and O–H groups in total. The van der Waals surface area contributed by atoms with Crippen LogP contribution in [-0.4, -0.2) is 68.7 Å². The minimum absolute atomic E-state index is 0.0198. The normalized spacial score (nSPS) is 12.3. The number of carbonyl (C=O) groups excluding carboxylic acids is 3. The molecule has 0 radical (unpaired) electrons. The molecule has 0 aliphatic carbocycles. The first-order chi connectivity index (χ1) is 29.5. The number of ether oxygens (including phenoxy) is 2. The molecule has 0 atom stereocenters. The van der Waals surface area contributed by atoms with Crippen molar-refractivity contribution in [3.63, 3.8) is 0 Å². The van der Waals surface area contributed by atoms with E-state index in [4.69, 9.17) is 19.4 Å². The van der Waals surface area contributed by atoms with E-state index in [1.165, 1.54) is 219 Å². The number of rotatable bonds is 41. The van der Waals surface area contributed by atoms with E-state index in [1.807, 2.05) is 6.79 Å². The third kappa shape index (κ3) is 49.2. The Morgan fingerprint density at radius 3 is 1.05 bits per heavy atom. The van der Waals surface area contributed by atoms with E-state index in [9.17, 15) is 9.59 Å². The summed E-state index contributed by atoms with van der Waals surface area (Å²) >= 11 is 0. The molecule has 7 nitrogen and oxygen atoms in total. The van der Waals surface area contributed by atoms with Gasteiger partial charge in [0, 0.05) is 20.0 Å². The molecule has 0 saturated carbocycles. The van der Waals surface area contributed by atoms with Crippen molar-refractivity contribution in [3.05, 3.63) is 0 Å². The van der Waals surface area contributed by atoms with E-state index in [0.29, 0.717) is 26.1 Å². The molecule has 1 rings (SSSR count). The third-order valence-electron chi connectivity index (χ3n) is 12.2. The molecule has 1 fully saturated rings. The van der Waals surface area contributed by atoms with Crippen LogP contribution in [0.25, 0.3) is 0 Å². The van der Waals surface area contributed by atoms with Gasteiger partial charge in [0.05, 0.1) is 13.2 Å². The predicted octanol–water partition coefficient (Wildman–Crippen LogP) is 15.6. The van der Waals surface area contributed by atoms with Crippen molar-refractivity contribution < 1.29 is 29.0 Å². The number of likely N-dealkylation sites (tertiary alicyclic amines) is 1. The number of esters is 2. The van der Waals surface area contributed by atoms with Crippen LogP contribution >= 0.6 is 0 Å². The number of aliphatic hydroxyl groups excluding tert-OH is 1. The highest BCUT2D eigenvalue weighted by Gasteiger charge is 2.13. The molecule has 60 heavy (non-hydrogen) atoms. The lowest BCUT2D eigenvalue weighted by Gasteiger charge is -2.16. The molecule has 0 aromatic rings. The zero-order valence-corrected chi connectivity index (χ0v) is 41.5. The van der Waals surface area contributed by atoms with E-state index >= 15 is 0 Å². The van der Waals surface area contributed by atoms with Crippen LogP contribution in [0, 0.1) is 11.8 Å². The zero-order chi connectivity index (χ0) is 45.0. The van der Waals surface area contributed by atoms with Crippen molar-refractivity contribution in [1.29, 1.82) is 0 Å². The molecule has 1 heterocycles.